The van der Waals surface area contributed by atoms with Crippen LogP contribution in [0.5, 0.6) is 11.5 Å². The van der Waals surface area contributed by atoms with E-state index in [1.807, 2.05) is 30.6 Å². The highest BCUT2D eigenvalue weighted by Gasteiger charge is 2.07. The number of aromatic nitrogens is 4. The number of rotatable bonds is 7. The maximum atomic E-state index is 9.75. The summed E-state index contributed by atoms with van der Waals surface area (Å²) < 4.78 is 7.32. The van der Waals surface area contributed by atoms with Crippen LogP contribution >= 0.6 is 0 Å². The molecule has 0 aliphatic heterocycles. The molecule has 142 valence electrons. The smallest absolute Gasteiger partial charge is 0.223 e. The predicted molar refractivity (Wildman–Crippen MR) is 109 cm³/mol. The Hall–Kier alpha value is -3.61. The number of anilines is 1. The first-order chi connectivity index (χ1) is 13.7. The standard InChI is InChI=1S/C21H21N5O2/c1-28-20-13-15(7-8-19(20)27)16-9-11-23-21(25-16)22-10-4-12-26-14-24-17-5-2-3-6-18(17)26/h2-3,5-9,11,13-14,27H,4,10,12H2,1H3,(H,22,23,25). The molecule has 0 amide bonds. The van der Waals surface area contributed by atoms with E-state index in [1.54, 1.807) is 24.4 Å². The molecule has 0 saturated heterocycles. The first-order valence-electron chi connectivity index (χ1n) is 9.09. The molecular weight excluding hydrogens is 354 g/mol. The summed E-state index contributed by atoms with van der Waals surface area (Å²) in [5, 5.41) is 13.0. The van der Waals surface area contributed by atoms with Crippen molar-refractivity contribution < 1.29 is 9.84 Å². The van der Waals surface area contributed by atoms with Gasteiger partial charge in [-0.1, -0.05) is 12.1 Å². The van der Waals surface area contributed by atoms with Gasteiger partial charge in [0.05, 0.1) is 30.2 Å². The number of hydrogen-bond acceptors (Lipinski definition) is 6. The molecule has 0 saturated carbocycles. The number of hydrogen-bond donors (Lipinski definition) is 2. The molecule has 4 aromatic rings. The molecule has 2 aromatic heterocycles. The molecule has 0 radical (unpaired) electrons. The molecule has 0 bridgehead atoms. The maximum Gasteiger partial charge on any atom is 0.223 e. The fraction of sp³-hybridized carbons (Fsp3) is 0.190. The zero-order valence-corrected chi connectivity index (χ0v) is 15.5. The Morgan fingerprint density at radius 3 is 2.89 bits per heavy atom. The second kappa shape index (κ2) is 7.96. The summed E-state index contributed by atoms with van der Waals surface area (Å²) in [4.78, 5) is 13.3. The summed E-state index contributed by atoms with van der Waals surface area (Å²) in [6.07, 6.45) is 4.51. The SMILES string of the molecule is COc1cc(-c2ccnc(NCCCn3cnc4ccccc43)n2)ccc1O. The summed E-state index contributed by atoms with van der Waals surface area (Å²) in [7, 11) is 1.52. The molecule has 28 heavy (non-hydrogen) atoms. The first-order valence-corrected chi connectivity index (χ1v) is 9.09. The highest BCUT2D eigenvalue weighted by Crippen LogP contribution is 2.30. The van der Waals surface area contributed by atoms with Gasteiger partial charge in [-0.25, -0.2) is 15.0 Å². The molecule has 2 heterocycles. The van der Waals surface area contributed by atoms with Crippen LogP contribution in [-0.4, -0.2) is 38.3 Å². The van der Waals surface area contributed by atoms with E-state index in [4.69, 9.17) is 4.74 Å². The quantitative estimate of drug-likeness (QED) is 0.479. The highest BCUT2D eigenvalue weighted by atomic mass is 16.5. The van der Waals surface area contributed by atoms with Crippen molar-refractivity contribution in [3.8, 4) is 22.8 Å². The number of para-hydroxylation sites is 2. The molecule has 0 aliphatic carbocycles. The lowest BCUT2D eigenvalue weighted by molar-refractivity contribution is 0.373. The van der Waals surface area contributed by atoms with E-state index in [-0.39, 0.29) is 5.75 Å². The van der Waals surface area contributed by atoms with Gasteiger partial charge in [0.15, 0.2) is 11.5 Å². The van der Waals surface area contributed by atoms with E-state index >= 15 is 0 Å². The van der Waals surface area contributed by atoms with Crippen molar-refractivity contribution in [2.24, 2.45) is 0 Å². The average molecular weight is 375 g/mol. The third kappa shape index (κ3) is 3.73. The minimum absolute atomic E-state index is 0.102. The lowest BCUT2D eigenvalue weighted by Gasteiger charge is -2.09. The third-order valence-corrected chi connectivity index (χ3v) is 4.52. The Morgan fingerprint density at radius 1 is 1.11 bits per heavy atom. The van der Waals surface area contributed by atoms with Crippen molar-refractivity contribution in [1.29, 1.82) is 0 Å². The summed E-state index contributed by atoms with van der Waals surface area (Å²) in [6, 6.07) is 15.1. The van der Waals surface area contributed by atoms with E-state index in [9.17, 15) is 5.11 Å². The second-order valence-electron chi connectivity index (χ2n) is 6.36. The lowest BCUT2D eigenvalue weighted by Crippen LogP contribution is -2.08. The van der Waals surface area contributed by atoms with Crippen LogP contribution in [0.2, 0.25) is 0 Å². The molecule has 0 fully saturated rings. The van der Waals surface area contributed by atoms with Crippen LogP contribution in [0.4, 0.5) is 5.95 Å². The number of phenolic OH excluding ortho intramolecular Hbond substituents is 1. The molecule has 0 spiro atoms. The maximum absolute atomic E-state index is 9.75. The summed E-state index contributed by atoms with van der Waals surface area (Å²) in [5.74, 6) is 1.09. The predicted octanol–water partition coefficient (Wildman–Crippen LogP) is 3.71. The fourth-order valence-electron chi connectivity index (χ4n) is 3.08. The number of aryl methyl sites for hydroxylation is 1. The molecule has 2 N–H and O–H groups in total. The number of imidazole rings is 1. The Kier molecular flexibility index (Phi) is 5.05. The molecule has 0 atom stereocenters. The lowest BCUT2D eigenvalue weighted by atomic mass is 10.1. The van der Waals surface area contributed by atoms with Gasteiger partial charge in [0.25, 0.3) is 0 Å². The molecule has 0 unspecified atom stereocenters. The van der Waals surface area contributed by atoms with Crippen molar-refractivity contribution in [3.63, 3.8) is 0 Å². The van der Waals surface area contributed by atoms with Crippen LogP contribution < -0.4 is 10.1 Å². The van der Waals surface area contributed by atoms with Crippen LogP contribution in [0.15, 0.2) is 61.1 Å². The summed E-state index contributed by atoms with van der Waals surface area (Å²) in [6.45, 7) is 1.61. The number of phenols is 1. The van der Waals surface area contributed by atoms with Crippen LogP contribution in [0.25, 0.3) is 22.3 Å². The van der Waals surface area contributed by atoms with Gasteiger partial charge in [-0.2, -0.15) is 0 Å². The van der Waals surface area contributed by atoms with E-state index in [0.29, 0.717) is 11.7 Å². The minimum atomic E-state index is 0.102. The summed E-state index contributed by atoms with van der Waals surface area (Å²) in [5.41, 5.74) is 3.76. The van der Waals surface area contributed by atoms with Gasteiger partial charge in [-0.15, -0.1) is 0 Å². The number of ether oxygens (including phenoxy) is 1. The van der Waals surface area contributed by atoms with E-state index < -0.39 is 0 Å². The van der Waals surface area contributed by atoms with Gasteiger partial charge in [-0.3, -0.25) is 0 Å². The van der Waals surface area contributed by atoms with Crippen molar-refractivity contribution in [2.45, 2.75) is 13.0 Å². The van der Waals surface area contributed by atoms with Crippen molar-refractivity contribution in [1.82, 2.24) is 19.5 Å². The normalized spacial score (nSPS) is 10.9. The van der Waals surface area contributed by atoms with Gasteiger partial charge in [0, 0.05) is 24.8 Å². The number of aromatic hydroxyl groups is 1. The van der Waals surface area contributed by atoms with Gasteiger partial charge >= 0.3 is 0 Å². The van der Waals surface area contributed by atoms with Crippen molar-refractivity contribution in [2.75, 3.05) is 19.0 Å². The summed E-state index contributed by atoms with van der Waals surface area (Å²) >= 11 is 0. The number of nitrogens with zero attached hydrogens (tertiary/aromatic N) is 4. The van der Waals surface area contributed by atoms with Gasteiger partial charge in [0.1, 0.15) is 0 Å². The van der Waals surface area contributed by atoms with Crippen LogP contribution in [-0.2, 0) is 6.54 Å². The number of methoxy groups -OCH3 is 1. The van der Waals surface area contributed by atoms with Crippen LogP contribution in [0.3, 0.4) is 0 Å². The van der Waals surface area contributed by atoms with Crippen molar-refractivity contribution in [3.05, 3.63) is 61.1 Å². The first kappa shape index (κ1) is 17.8. The van der Waals surface area contributed by atoms with Gasteiger partial charge < -0.3 is 19.7 Å². The largest absolute Gasteiger partial charge is 0.504 e. The van der Waals surface area contributed by atoms with Gasteiger partial charge in [-0.05, 0) is 42.8 Å². The number of benzene rings is 2. The zero-order valence-electron chi connectivity index (χ0n) is 15.5. The van der Waals surface area contributed by atoms with Gasteiger partial charge in [0.2, 0.25) is 5.95 Å². The fourth-order valence-corrected chi connectivity index (χ4v) is 3.08. The van der Waals surface area contributed by atoms with Crippen LogP contribution in [0, 0.1) is 0 Å². The topological polar surface area (TPSA) is 85.1 Å². The molecule has 0 aliphatic rings. The third-order valence-electron chi connectivity index (χ3n) is 4.52. The van der Waals surface area contributed by atoms with Crippen molar-refractivity contribution >= 4 is 17.0 Å². The second-order valence-corrected chi connectivity index (χ2v) is 6.36. The Balaban J connectivity index is 1.39. The van der Waals surface area contributed by atoms with E-state index in [0.717, 1.165) is 41.8 Å². The van der Waals surface area contributed by atoms with Crippen LogP contribution in [0.1, 0.15) is 6.42 Å². The van der Waals surface area contributed by atoms with E-state index in [1.165, 1.54) is 7.11 Å². The highest BCUT2D eigenvalue weighted by molar-refractivity contribution is 5.74. The zero-order chi connectivity index (χ0) is 19.3. The molecule has 7 nitrogen and oxygen atoms in total. The molecule has 2 aromatic carbocycles. The number of fused-ring (bicyclic) bond motifs is 1. The average Bonchev–Trinajstić information content (AvgIpc) is 3.15. The molecule has 7 heteroatoms. The monoisotopic (exact) mass is 375 g/mol. The Labute approximate surface area is 162 Å². The molecular formula is C21H21N5O2. The van der Waals surface area contributed by atoms with E-state index in [2.05, 4.69) is 30.9 Å². The Morgan fingerprint density at radius 2 is 2.00 bits per heavy atom. The molecule has 4 rings (SSSR count). The minimum Gasteiger partial charge on any atom is -0.504 e. The Bertz CT molecular complexity index is 1090. The number of nitrogens with one attached hydrogen (secondary N) is 1.